The third-order valence-electron chi connectivity index (χ3n) is 5.62. The fraction of sp³-hybridized carbons (Fsp3) is 0.450. The summed E-state index contributed by atoms with van der Waals surface area (Å²) in [5, 5.41) is 9.46. The molecule has 5 nitrogen and oxygen atoms in total. The van der Waals surface area contributed by atoms with Crippen molar-refractivity contribution in [1.82, 2.24) is 9.97 Å². The molecule has 2 saturated heterocycles. The molecule has 0 saturated carbocycles. The smallest absolute Gasteiger partial charge is 0.355 e. The minimum atomic E-state index is -4.46. The third kappa shape index (κ3) is 3.37. The van der Waals surface area contributed by atoms with E-state index in [0.29, 0.717) is 36.2 Å². The number of nitriles is 1. The molecule has 0 aliphatic carbocycles. The fourth-order valence-corrected chi connectivity index (χ4v) is 4.22. The Labute approximate surface area is 161 Å². The Morgan fingerprint density at radius 1 is 1.11 bits per heavy atom. The summed E-state index contributed by atoms with van der Waals surface area (Å²) in [6.45, 7) is 3.93. The maximum atomic E-state index is 13.0. The molecule has 8 heteroatoms. The number of hydrogen-bond acceptors (Lipinski definition) is 5. The number of anilines is 2. The van der Waals surface area contributed by atoms with Crippen LogP contribution in [-0.4, -0.2) is 35.6 Å². The molecule has 4 rings (SSSR count). The molecule has 0 radical (unpaired) electrons. The van der Waals surface area contributed by atoms with Crippen LogP contribution in [0.25, 0.3) is 0 Å². The van der Waals surface area contributed by atoms with Gasteiger partial charge in [0, 0.05) is 25.3 Å². The Bertz CT molecular complexity index is 921. The normalized spacial score (nSPS) is 22.1. The van der Waals surface area contributed by atoms with E-state index in [0.717, 1.165) is 31.1 Å². The summed E-state index contributed by atoms with van der Waals surface area (Å²) in [7, 11) is 0. The summed E-state index contributed by atoms with van der Waals surface area (Å²) in [6, 6.07) is 9.92. The number of piperidine rings is 1. The molecule has 0 spiro atoms. The van der Waals surface area contributed by atoms with E-state index < -0.39 is 11.9 Å². The molecule has 2 fully saturated rings. The van der Waals surface area contributed by atoms with Crippen molar-refractivity contribution in [1.29, 1.82) is 5.26 Å². The first-order valence-corrected chi connectivity index (χ1v) is 9.30. The molecule has 2 aliphatic heterocycles. The molecule has 0 N–H and O–H groups in total. The lowest BCUT2D eigenvalue weighted by Crippen LogP contribution is -2.49. The van der Waals surface area contributed by atoms with Crippen molar-refractivity contribution < 1.29 is 13.2 Å². The molecular weight excluding hydrogens is 367 g/mol. The SMILES string of the molecule is Cc1ccc(C#N)c(N2CCC3CCN(c4cccc(C(F)(F)F)n4)CC32)n1. The van der Waals surface area contributed by atoms with Crippen LogP contribution >= 0.6 is 0 Å². The standard InChI is InChI=1S/C20H20F3N5/c1-13-5-6-15(11-24)19(25-13)28-10-8-14-7-9-27(12-16(14)28)18-4-2-3-17(26-18)20(21,22)23/h2-6,14,16H,7-10,12H2,1H3. The van der Waals surface area contributed by atoms with Crippen LogP contribution in [0, 0.1) is 24.2 Å². The van der Waals surface area contributed by atoms with Crippen molar-refractivity contribution in [2.45, 2.75) is 32.0 Å². The Morgan fingerprint density at radius 2 is 1.89 bits per heavy atom. The second-order valence-electron chi connectivity index (χ2n) is 7.36. The first-order chi connectivity index (χ1) is 13.4. The molecule has 2 aliphatic rings. The monoisotopic (exact) mass is 387 g/mol. The lowest BCUT2D eigenvalue weighted by Gasteiger charge is -2.39. The second kappa shape index (κ2) is 6.97. The van der Waals surface area contributed by atoms with Gasteiger partial charge in [0.2, 0.25) is 0 Å². The molecule has 0 amide bonds. The van der Waals surface area contributed by atoms with Crippen LogP contribution in [0.2, 0.25) is 0 Å². The van der Waals surface area contributed by atoms with Crippen molar-refractivity contribution >= 4 is 11.6 Å². The Balaban J connectivity index is 1.61. The first-order valence-electron chi connectivity index (χ1n) is 9.30. The van der Waals surface area contributed by atoms with Crippen LogP contribution < -0.4 is 9.80 Å². The molecule has 2 aromatic heterocycles. The molecule has 146 valence electrons. The fourth-order valence-electron chi connectivity index (χ4n) is 4.22. The van der Waals surface area contributed by atoms with Gasteiger partial charge in [0.05, 0.1) is 11.6 Å². The van der Waals surface area contributed by atoms with Crippen LogP contribution in [0.4, 0.5) is 24.8 Å². The van der Waals surface area contributed by atoms with Crippen molar-refractivity contribution in [2.75, 3.05) is 29.4 Å². The van der Waals surface area contributed by atoms with E-state index in [4.69, 9.17) is 0 Å². The topological polar surface area (TPSA) is 56.1 Å². The summed E-state index contributed by atoms with van der Waals surface area (Å²) in [5.41, 5.74) is 0.493. The Kier molecular flexibility index (Phi) is 4.61. The van der Waals surface area contributed by atoms with Crippen LogP contribution in [0.3, 0.4) is 0 Å². The first kappa shape index (κ1) is 18.5. The van der Waals surface area contributed by atoms with Crippen molar-refractivity contribution in [3.63, 3.8) is 0 Å². The molecule has 2 aromatic rings. The van der Waals surface area contributed by atoms with Crippen LogP contribution in [0.15, 0.2) is 30.3 Å². The predicted octanol–water partition coefficient (Wildman–Crippen LogP) is 3.78. The van der Waals surface area contributed by atoms with Gasteiger partial charge in [-0.1, -0.05) is 6.07 Å². The maximum absolute atomic E-state index is 13.0. The highest BCUT2D eigenvalue weighted by atomic mass is 19.4. The van der Waals surface area contributed by atoms with Crippen LogP contribution in [0.5, 0.6) is 0 Å². The molecule has 28 heavy (non-hydrogen) atoms. The number of fused-ring (bicyclic) bond motifs is 1. The zero-order valence-electron chi connectivity index (χ0n) is 15.4. The van der Waals surface area contributed by atoms with Gasteiger partial charge in [-0.3, -0.25) is 0 Å². The number of pyridine rings is 2. The van der Waals surface area contributed by atoms with Crippen molar-refractivity contribution in [3.8, 4) is 6.07 Å². The van der Waals surface area contributed by atoms with Gasteiger partial charge in [-0.05, 0) is 49.9 Å². The lowest BCUT2D eigenvalue weighted by atomic mass is 9.92. The summed E-state index contributed by atoms with van der Waals surface area (Å²) in [4.78, 5) is 12.5. The van der Waals surface area contributed by atoms with Gasteiger partial charge in [-0.25, -0.2) is 9.97 Å². The minimum Gasteiger partial charge on any atom is -0.355 e. The van der Waals surface area contributed by atoms with E-state index in [1.165, 1.54) is 6.07 Å². The van der Waals surface area contributed by atoms with Gasteiger partial charge in [-0.15, -0.1) is 0 Å². The average molecular weight is 387 g/mol. The summed E-state index contributed by atoms with van der Waals surface area (Å²) in [6.07, 6.45) is -2.58. The maximum Gasteiger partial charge on any atom is 0.433 e. The van der Waals surface area contributed by atoms with Gasteiger partial charge in [0.25, 0.3) is 0 Å². The molecule has 2 unspecified atom stereocenters. The Hall–Kier alpha value is -2.82. The quantitative estimate of drug-likeness (QED) is 0.785. The van der Waals surface area contributed by atoms with E-state index in [9.17, 15) is 18.4 Å². The molecule has 4 heterocycles. The van der Waals surface area contributed by atoms with Gasteiger partial charge in [0.1, 0.15) is 23.4 Å². The number of hydrogen-bond donors (Lipinski definition) is 0. The van der Waals surface area contributed by atoms with E-state index in [2.05, 4.69) is 20.9 Å². The van der Waals surface area contributed by atoms with E-state index in [1.807, 2.05) is 17.9 Å². The van der Waals surface area contributed by atoms with Crippen LogP contribution in [0.1, 0.15) is 29.8 Å². The number of aryl methyl sites for hydroxylation is 1. The van der Waals surface area contributed by atoms with Crippen LogP contribution in [-0.2, 0) is 6.18 Å². The van der Waals surface area contributed by atoms with E-state index in [-0.39, 0.29) is 6.04 Å². The van der Waals surface area contributed by atoms with E-state index in [1.54, 1.807) is 12.1 Å². The zero-order chi connectivity index (χ0) is 19.9. The highest BCUT2D eigenvalue weighted by Crippen LogP contribution is 2.37. The number of nitrogens with zero attached hydrogens (tertiary/aromatic N) is 5. The third-order valence-corrected chi connectivity index (χ3v) is 5.62. The summed E-state index contributed by atoms with van der Waals surface area (Å²) < 4.78 is 39.1. The van der Waals surface area contributed by atoms with Gasteiger partial charge >= 0.3 is 6.18 Å². The van der Waals surface area contributed by atoms with Gasteiger partial charge in [-0.2, -0.15) is 18.4 Å². The van der Waals surface area contributed by atoms with Gasteiger partial charge < -0.3 is 9.80 Å². The predicted molar refractivity (Wildman–Crippen MR) is 99.0 cm³/mol. The lowest BCUT2D eigenvalue weighted by molar-refractivity contribution is -0.141. The molecule has 0 aromatic carbocycles. The summed E-state index contributed by atoms with van der Waals surface area (Å²) in [5.74, 6) is 1.46. The second-order valence-corrected chi connectivity index (χ2v) is 7.36. The molecule has 0 bridgehead atoms. The number of aromatic nitrogens is 2. The Morgan fingerprint density at radius 3 is 2.64 bits per heavy atom. The van der Waals surface area contributed by atoms with E-state index >= 15 is 0 Å². The highest BCUT2D eigenvalue weighted by Gasteiger charge is 2.40. The number of alkyl halides is 3. The van der Waals surface area contributed by atoms with Crippen molar-refractivity contribution in [2.24, 2.45) is 5.92 Å². The van der Waals surface area contributed by atoms with Gasteiger partial charge in [0.15, 0.2) is 0 Å². The molecule has 2 atom stereocenters. The number of halogens is 3. The largest absolute Gasteiger partial charge is 0.433 e. The summed E-state index contributed by atoms with van der Waals surface area (Å²) >= 11 is 0. The average Bonchev–Trinajstić information content (AvgIpc) is 3.10. The van der Waals surface area contributed by atoms with Crippen molar-refractivity contribution in [3.05, 3.63) is 47.3 Å². The highest BCUT2D eigenvalue weighted by molar-refractivity contribution is 5.56. The minimum absolute atomic E-state index is 0.103. The zero-order valence-corrected chi connectivity index (χ0v) is 15.4. The number of rotatable bonds is 2. The molecular formula is C20H20F3N5.